The van der Waals surface area contributed by atoms with Crippen molar-refractivity contribution in [2.45, 2.75) is 31.2 Å². The number of nitrogens with one attached hydrogen (secondary N) is 1. The Labute approximate surface area is 144 Å². The molecule has 1 N–H and O–H groups in total. The van der Waals surface area contributed by atoms with Crippen molar-refractivity contribution in [2.24, 2.45) is 7.05 Å². The lowest BCUT2D eigenvalue weighted by atomic mass is 10.1. The number of hydrogen-bond acceptors (Lipinski definition) is 5. The van der Waals surface area contributed by atoms with Crippen molar-refractivity contribution in [3.63, 3.8) is 0 Å². The Morgan fingerprint density at radius 3 is 2.54 bits per heavy atom. The molecule has 0 aromatic carbocycles. The third-order valence-electron chi connectivity index (χ3n) is 3.52. The van der Waals surface area contributed by atoms with E-state index in [0.717, 1.165) is 22.7 Å². The molecule has 0 saturated heterocycles. The predicted molar refractivity (Wildman–Crippen MR) is 94.1 cm³/mol. The minimum Gasteiger partial charge on any atom is -0.301 e. The fourth-order valence-electron chi connectivity index (χ4n) is 2.54. The van der Waals surface area contributed by atoms with E-state index in [9.17, 15) is 4.79 Å². The van der Waals surface area contributed by atoms with Gasteiger partial charge >= 0.3 is 0 Å². The first-order valence-electron chi connectivity index (χ1n) is 7.62. The van der Waals surface area contributed by atoms with Gasteiger partial charge in [-0.2, -0.15) is 5.10 Å². The first-order valence-corrected chi connectivity index (χ1v) is 8.61. The van der Waals surface area contributed by atoms with Gasteiger partial charge < -0.3 is 4.98 Å². The summed E-state index contributed by atoms with van der Waals surface area (Å²) >= 11 is 1.51. The summed E-state index contributed by atoms with van der Waals surface area (Å²) in [6.45, 7) is 3.96. The lowest BCUT2D eigenvalue weighted by Crippen LogP contribution is -2.14. The van der Waals surface area contributed by atoms with Gasteiger partial charge in [-0.25, -0.2) is 4.98 Å². The smallest absolute Gasteiger partial charge is 0.255 e. The van der Waals surface area contributed by atoms with Crippen LogP contribution in [0.4, 0.5) is 0 Å². The van der Waals surface area contributed by atoms with Crippen LogP contribution in [-0.2, 0) is 19.2 Å². The van der Waals surface area contributed by atoms with Crippen LogP contribution in [0.25, 0.3) is 0 Å². The summed E-state index contributed by atoms with van der Waals surface area (Å²) in [7, 11) is 1.86. The average molecular weight is 341 g/mol. The van der Waals surface area contributed by atoms with Gasteiger partial charge in [-0.1, -0.05) is 11.8 Å². The van der Waals surface area contributed by atoms with Gasteiger partial charge in [-0.05, 0) is 37.1 Å². The molecule has 3 aromatic rings. The van der Waals surface area contributed by atoms with Gasteiger partial charge in [0.25, 0.3) is 5.56 Å². The summed E-state index contributed by atoms with van der Waals surface area (Å²) in [5, 5.41) is 4.74. The summed E-state index contributed by atoms with van der Waals surface area (Å²) in [6, 6.07) is 4.10. The highest BCUT2D eigenvalue weighted by molar-refractivity contribution is 7.98. The van der Waals surface area contributed by atoms with Crippen LogP contribution < -0.4 is 5.56 Å². The molecule has 0 fully saturated rings. The largest absolute Gasteiger partial charge is 0.301 e. The SMILES string of the molecule is Cc1cc(CSc2ncc(Cc3cnn(C)c3)c(=O)[nH]2)cc(C)n1. The Bertz CT molecular complexity index is 895. The molecule has 3 heterocycles. The molecule has 3 rings (SSSR count). The number of H-pyrrole nitrogens is 1. The molecule has 0 radical (unpaired) electrons. The standard InChI is InChI=1S/C17H19N5OS/c1-11-4-13(5-12(2)20-11)10-24-17-18-8-15(16(23)21-17)6-14-7-19-22(3)9-14/h4-5,7-9H,6,10H2,1-3H3,(H,18,21,23). The van der Waals surface area contributed by atoms with Gasteiger partial charge in [-0.3, -0.25) is 14.5 Å². The molecule has 0 atom stereocenters. The van der Waals surface area contributed by atoms with Crippen molar-refractivity contribution < 1.29 is 0 Å². The summed E-state index contributed by atoms with van der Waals surface area (Å²) in [5.74, 6) is 0.745. The van der Waals surface area contributed by atoms with Crippen LogP contribution in [0.15, 0.2) is 40.7 Å². The van der Waals surface area contributed by atoms with E-state index in [-0.39, 0.29) is 5.56 Å². The maximum atomic E-state index is 12.2. The molecular formula is C17H19N5OS. The predicted octanol–water partition coefficient (Wildman–Crippen LogP) is 2.40. The van der Waals surface area contributed by atoms with E-state index in [0.29, 0.717) is 17.1 Å². The van der Waals surface area contributed by atoms with Gasteiger partial charge in [0.2, 0.25) is 0 Å². The number of hydrogen-bond donors (Lipinski definition) is 1. The van der Waals surface area contributed by atoms with Crippen LogP contribution in [0.3, 0.4) is 0 Å². The van der Waals surface area contributed by atoms with Crippen LogP contribution in [0, 0.1) is 13.8 Å². The van der Waals surface area contributed by atoms with E-state index in [2.05, 4.69) is 32.2 Å². The molecule has 0 aliphatic rings. The van der Waals surface area contributed by atoms with Gasteiger partial charge in [0.1, 0.15) is 0 Å². The van der Waals surface area contributed by atoms with Crippen molar-refractivity contribution in [1.29, 1.82) is 0 Å². The Kier molecular flexibility index (Phi) is 4.80. The van der Waals surface area contributed by atoms with E-state index in [1.54, 1.807) is 17.1 Å². The third-order valence-corrected chi connectivity index (χ3v) is 4.48. The number of aromatic nitrogens is 5. The molecule has 24 heavy (non-hydrogen) atoms. The fraction of sp³-hybridized carbons (Fsp3) is 0.294. The highest BCUT2D eigenvalue weighted by Gasteiger charge is 2.07. The van der Waals surface area contributed by atoms with Crippen molar-refractivity contribution in [3.8, 4) is 0 Å². The quantitative estimate of drug-likeness (QED) is 0.570. The van der Waals surface area contributed by atoms with Crippen molar-refractivity contribution >= 4 is 11.8 Å². The molecule has 7 heteroatoms. The van der Waals surface area contributed by atoms with Crippen LogP contribution in [0.5, 0.6) is 0 Å². The fourth-order valence-corrected chi connectivity index (χ4v) is 3.31. The molecule has 0 spiro atoms. The Morgan fingerprint density at radius 2 is 1.92 bits per heavy atom. The maximum absolute atomic E-state index is 12.2. The minimum absolute atomic E-state index is 0.0987. The van der Waals surface area contributed by atoms with E-state index in [1.807, 2.05) is 27.1 Å². The van der Waals surface area contributed by atoms with Crippen molar-refractivity contribution in [2.75, 3.05) is 0 Å². The molecule has 6 nitrogen and oxygen atoms in total. The molecule has 3 aromatic heterocycles. The van der Waals surface area contributed by atoms with Crippen LogP contribution in [-0.4, -0.2) is 24.7 Å². The summed E-state index contributed by atoms with van der Waals surface area (Å²) in [5.41, 5.74) is 4.71. The third kappa shape index (κ3) is 4.11. The van der Waals surface area contributed by atoms with Gasteiger partial charge in [-0.15, -0.1) is 0 Å². The monoisotopic (exact) mass is 341 g/mol. The van der Waals surface area contributed by atoms with Crippen molar-refractivity contribution in [1.82, 2.24) is 24.7 Å². The van der Waals surface area contributed by atoms with E-state index in [1.165, 1.54) is 17.3 Å². The maximum Gasteiger partial charge on any atom is 0.255 e. The van der Waals surface area contributed by atoms with E-state index >= 15 is 0 Å². The number of nitrogens with zero attached hydrogens (tertiary/aromatic N) is 4. The van der Waals surface area contributed by atoms with Gasteiger partial charge in [0, 0.05) is 48.6 Å². The lowest BCUT2D eigenvalue weighted by Gasteiger charge is -2.05. The Balaban J connectivity index is 1.69. The number of pyridine rings is 1. The second-order valence-electron chi connectivity index (χ2n) is 5.79. The minimum atomic E-state index is -0.0987. The second kappa shape index (κ2) is 7.00. The van der Waals surface area contributed by atoms with Crippen LogP contribution >= 0.6 is 11.8 Å². The van der Waals surface area contributed by atoms with Gasteiger partial charge in [0.05, 0.1) is 6.20 Å². The topological polar surface area (TPSA) is 76.5 Å². The highest BCUT2D eigenvalue weighted by atomic mass is 32.2. The average Bonchev–Trinajstić information content (AvgIpc) is 2.92. The highest BCUT2D eigenvalue weighted by Crippen LogP contribution is 2.19. The zero-order chi connectivity index (χ0) is 17.1. The molecule has 124 valence electrons. The molecule has 0 bridgehead atoms. The first-order chi connectivity index (χ1) is 11.5. The van der Waals surface area contributed by atoms with E-state index < -0.39 is 0 Å². The zero-order valence-electron chi connectivity index (χ0n) is 13.9. The number of aryl methyl sites for hydroxylation is 3. The Morgan fingerprint density at radius 1 is 1.17 bits per heavy atom. The number of aromatic amines is 1. The molecule has 0 amide bonds. The molecular weight excluding hydrogens is 322 g/mol. The van der Waals surface area contributed by atoms with Crippen molar-refractivity contribution in [3.05, 3.63) is 69.2 Å². The molecule has 0 unspecified atom stereocenters. The summed E-state index contributed by atoms with van der Waals surface area (Å²) in [6.07, 6.45) is 5.84. The second-order valence-corrected chi connectivity index (χ2v) is 6.75. The first kappa shape index (κ1) is 16.4. The number of thioether (sulfide) groups is 1. The number of rotatable bonds is 5. The Hall–Kier alpha value is -2.41. The molecule has 0 aliphatic heterocycles. The van der Waals surface area contributed by atoms with Gasteiger partial charge in [0.15, 0.2) is 5.16 Å². The van der Waals surface area contributed by atoms with E-state index in [4.69, 9.17) is 0 Å². The lowest BCUT2D eigenvalue weighted by molar-refractivity contribution is 0.767. The zero-order valence-corrected chi connectivity index (χ0v) is 14.7. The summed E-state index contributed by atoms with van der Waals surface area (Å²) < 4.78 is 1.72. The van der Waals surface area contributed by atoms with Crippen LogP contribution in [0.2, 0.25) is 0 Å². The molecule has 0 saturated carbocycles. The van der Waals surface area contributed by atoms with Crippen LogP contribution in [0.1, 0.15) is 28.1 Å². The summed E-state index contributed by atoms with van der Waals surface area (Å²) in [4.78, 5) is 23.8. The molecule has 0 aliphatic carbocycles. The normalized spacial score (nSPS) is 11.0.